The van der Waals surface area contributed by atoms with Gasteiger partial charge in [-0.15, -0.1) is 0 Å². The number of anilines is 2. The number of benzene rings is 1. The Morgan fingerprint density at radius 3 is 2.41 bits per heavy atom. The molecule has 8 nitrogen and oxygen atoms in total. The summed E-state index contributed by atoms with van der Waals surface area (Å²) in [5.41, 5.74) is 9.93. The molecule has 27 heavy (non-hydrogen) atoms. The fraction of sp³-hybridized carbons (Fsp3) is 0.316. The van der Waals surface area contributed by atoms with E-state index in [1.54, 1.807) is 13.1 Å². The SMILES string of the molecule is CC(=O)N1CCN(c2nc(N)nc3ncc(-c4ccc(C)cc4)nc23)CC1. The monoisotopic (exact) mass is 363 g/mol. The van der Waals surface area contributed by atoms with E-state index in [0.717, 1.165) is 11.3 Å². The fourth-order valence-electron chi connectivity index (χ4n) is 3.23. The molecule has 2 aromatic heterocycles. The van der Waals surface area contributed by atoms with E-state index in [1.807, 2.05) is 36.1 Å². The van der Waals surface area contributed by atoms with Crippen molar-refractivity contribution < 1.29 is 4.79 Å². The number of carbonyl (C=O) groups excluding carboxylic acids is 1. The highest BCUT2D eigenvalue weighted by atomic mass is 16.2. The minimum absolute atomic E-state index is 0.0863. The summed E-state index contributed by atoms with van der Waals surface area (Å²) in [7, 11) is 0. The van der Waals surface area contributed by atoms with E-state index in [2.05, 4.69) is 19.9 Å². The van der Waals surface area contributed by atoms with Gasteiger partial charge in [0.15, 0.2) is 17.0 Å². The predicted molar refractivity (Wildman–Crippen MR) is 104 cm³/mol. The van der Waals surface area contributed by atoms with Crippen LogP contribution in [-0.4, -0.2) is 56.9 Å². The average Bonchev–Trinajstić information content (AvgIpc) is 2.68. The molecule has 1 aliphatic heterocycles. The number of nitrogen functional groups attached to an aromatic ring is 1. The molecule has 0 atom stereocenters. The van der Waals surface area contributed by atoms with Crippen LogP contribution < -0.4 is 10.6 Å². The first-order valence-corrected chi connectivity index (χ1v) is 8.89. The molecule has 4 rings (SSSR count). The van der Waals surface area contributed by atoms with Crippen LogP contribution in [0.3, 0.4) is 0 Å². The first kappa shape index (κ1) is 17.1. The molecule has 138 valence electrons. The van der Waals surface area contributed by atoms with E-state index in [1.165, 1.54) is 5.56 Å². The summed E-state index contributed by atoms with van der Waals surface area (Å²) in [6.07, 6.45) is 1.71. The lowest BCUT2D eigenvalue weighted by Crippen LogP contribution is -2.48. The van der Waals surface area contributed by atoms with Gasteiger partial charge in [-0.05, 0) is 6.92 Å². The number of nitrogens with two attached hydrogens (primary N) is 1. The Kier molecular flexibility index (Phi) is 4.31. The summed E-state index contributed by atoms with van der Waals surface area (Å²) in [6, 6.07) is 8.13. The maximum absolute atomic E-state index is 11.6. The minimum atomic E-state index is 0.0863. The number of piperazine rings is 1. The van der Waals surface area contributed by atoms with Crippen LogP contribution in [0, 0.1) is 6.92 Å². The topological polar surface area (TPSA) is 101 Å². The van der Waals surface area contributed by atoms with Crippen LogP contribution in [0.2, 0.25) is 0 Å². The summed E-state index contributed by atoms with van der Waals surface area (Å²) >= 11 is 0. The third-order valence-corrected chi connectivity index (χ3v) is 4.78. The summed E-state index contributed by atoms with van der Waals surface area (Å²) < 4.78 is 0. The number of hydrogen-bond donors (Lipinski definition) is 1. The van der Waals surface area contributed by atoms with E-state index in [9.17, 15) is 4.79 Å². The van der Waals surface area contributed by atoms with Gasteiger partial charge in [0.1, 0.15) is 0 Å². The Balaban J connectivity index is 1.74. The number of hydrogen-bond acceptors (Lipinski definition) is 7. The molecule has 0 saturated carbocycles. The zero-order valence-corrected chi connectivity index (χ0v) is 15.4. The van der Waals surface area contributed by atoms with Gasteiger partial charge in [-0.25, -0.2) is 9.97 Å². The smallest absolute Gasteiger partial charge is 0.224 e. The van der Waals surface area contributed by atoms with Crippen LogP contribution in [0.25, 0.3) is 22.4 Å². The van der Waals surface area contributed by atoms with Gasteiger partial charge >= 0.3 is 0 Å². The standard InChI is InChI=1S/C19H21N7O/c1-12-3-5-14(6-4-12)15-11-21-17-16(22-15)18(24-19(20)23-17)26-9-7-25(8-10-26)13(2)27/h3-6,11H,7-10H2,1-2H3,(H2,20,21,23,24). The predicted octanol–water partition coefficient (Wildman–Crippen LogP) is 1.65. The molecule has 1 aromatic carbocycles. The number of aromatic nitrogens is 4. The van der Waals surface area contributed by atoms with Gasteiger partial charge in [0.25, 0.3) is 0 Å². The molecule has 8 heteroatoms. The van der Waals surface area contributed by atoms with Crippen molar-refractivity contribution in [3.05, 3.63) is 36.0 Å². The summed E-state index contributed by atoms with van der Waals surface area (Å²) in [4.78, 5) is 33.4. The number of amides is 1. The molecule has 2 N–H and O–H groups in total. The Bertz CT molecular complexity index is 995. The van der Waals surface area contributed by atoms with Crippen molar-refractivity contribution in [2.45, 2.75) is 13.8 Å². The lowest BCUT2D eigenvalue weighted by Gasteiger charge is -2.35. The van der Waals surface area contributed by atoms with Gasteiger partial charge in [-0.1, -0.05) is 29.8 Å². The first-order valence-electron chi connectivity index (χ1n) is 8.89. The highest BCUT2D eigenvalue weighted by molar-refractivity contribution is 5.86. The van der Waals surface area contributed by atoms with Crippen molar-refractivity contribution in [3.8, 4) is 11.3 Å². The normalized spacial score (nSPS) is 14.6. The number of rotatable bonds is 2. The molecule has 1 fully saturated rings. The third-order valence-electron chi connectivity index (χ3n) is 4.78. The highest BCUT2D eigenvalue weighted by Gasteiger charge is 2.23. The maximum atomic E-state index is 11.6. The van der Waals surface area contributed by atoms with Crippen molar-refractivity contribution >= 4 is 28.8 Å². The number of carbonyl (C=O) groups is 1. The molecule has 0 radical (unpaired) electrons. The van der Waals surface area contributed by atoms with E-state index in [-0.39, 0.29) is 11.9 Å². The van der Waals surface area contributed by atoms with Crippen LogP contribution in [0.1, 0.15) is 12.5 Å². The quantitative estimate of drug-likeness (QED) is 0.738. The van der Waals surface area contributed by atoms with E-state index < -0.39 is 0 Å². The molecule has 0 spiro atoms. The summed E-state index contributed by atoms with van der Waals surface area (Å²) in [5.74, 6) is 0.925. The van der Waals surface area contributed by atoms with Crippen molar-refractivity contribution in [1.82, 2.24) is 24.8 Å². The molecule has 0 aliphatic carbocycles. The Morgan fingerprint density at radius 1 is 1.04 bits per heavy atom. The van der Waals surface area contributed by atoms with Crippen LogP contribution in [0.5, 0.6) is 0 Å². The Morgan fingerprint density at radius 2 is 1.74 bits per heavy atom. The third kappa shape index (κ3) is 3.38. The lowest BCUT2D eigenvalue weighted by atomic mass is 10.1. The van der Waals surface area contributed by atoms with Gasteiger partial charge < -0.3 is 15.5 Å². The van der Waals surface area contributed by atoms with Crippen molar-refractivity contribution in [2.24, 2.45) is 0 Å². The van der Waals surface area contributed by atoms with E-state index in [0.29, 0.717) is 43.2 Å². The number of nitrogens with zero attached hydrogens (tertiary/aromatic N) is 6. The largest absolute Gasteiger partial charge is 0.368 e. The van der Waals surface area contributed by atoms with Gasteiger partial charge in [-0.3, -0.25) is 4.79 Å². The second kappa shape index (κ2) is 6.79. The fourth-order valence-corrected chi connectivity index (χ4v) is 3.23. The molecule has 0 unspecified atom stereocenters. The van der Waals surface area contributed by atoms with Crippen LogP contribution >= 0.6 is 0 Å². The van der Waals surface area contributed by atoms with Gasteiger partial charge in [0, 0.05) is 38.7 Å². The van der Waals surface area contributed by atoms with Gasteiger partial charge in [0.05, 0.1) is 11.9 Å². The second-order valence-corrected chi connectivity index (χ2v) is 6.69. The van der Waals surface area contributed by atoms with Crippen LogP contribution in [-0.2, 0) is 4.79 Å². The molecule has 1 saturated heterocycles. The molecule has 1 amide bonds. The van der Waals surface area contributed by atoms with E-state index >= 15 is 0 Å². The zero-order valence-electron chi connectivity index (χ0n) is 15.4. The van der Waals surface area contributed by atoms with Crippen molar-refractivity contribution in [3.63, 3.8) is 0 Å². The highest BCUT2D eigenvalue weighted by Crippen LogP contribution is 2.26. The molecular weight excluding hydrogens is 342 g/mol. The van der Waals surface area contributed by atoms with Gasteiger partial charge in [0.2, 0.25) is 11.9 Å². The molecule has 0 bridgehead atoms. The Hall–Kier alpha value is -3.29. The maximum Gasteiger partial charge on any atom is 0.224 e. The Labute approximate surface area is 157 Å². The first-order chi connectivity index (χ1) is 13.0. The molecule has 1 aliphatic rings. The minimum Gasteiger partial charge on any atom is -0.368 e. The van der Waals surface area contributed by atoms with Crippen molar-refractivity contribution in [1.29, 1.82) is 0 Å². The number of aryl methyl sites for hydroxylation is 1. The van der Waals surface area contributed by atoms with Crippen LogP contribution in [0.15, 0.2) is 30.5 Å². The van der Waals surface area contributed by atoms with Gasteiger partial charge in [-0.2, -0.15) is 9.97 Å². The summed E-state index contributed by atoms with van der Waals surface area (Å²) in [5, 5.41) is 0. The zero-order chi connectivity index (χ0) is 19.0. The average molecular weight is 363 g/mol. The lowest BCUT2D eigenvalue weighted by molar-refractivity contribution is -0.129. The van der Waals surface area contributed by atoms with E-state index in [4.69, 9.17) is 10.7 Å². The summed E-state index contributed by atoms with van der Waals surface area (Å²) in [6.45, 7) is 6.26. The molecule has 3 heterocycles. The molecular formula is C19H21N7O. The molecule has 3 aromatic rings. The van der Waals surface area contributed by atoms with Crippen LogP contribution in [0.4, 0.5) is 11.8 Å². The second-order valence-electron chi connectivity index (χ2n) is 6.69. The van der Waals surface area contributed by atoms with Crippen molar-refractivity contribution in [2.75, 3.05) is 36.8 Å². The number of fused-ring (bicyclic) bond motifs is 1.